The van der Waals surface area contributed by atoms with Crippen molar-refractivity contribution in [1.82, 2.24) is 10.6 Å². The Bertz CT molecular complexity index is 684. The third-order valence-corrected chi connectivity index (χ3v) is 3.37. The van der Waals surface area contributed by atoms with Crippen molar-refractivity contribution >= 4 is 17.6 Å². The van der Waals surface area contributed by atoms with E-state index in [9.17, 15) is 9.59 Å². The normalized spacial score (nSPS) is 10.0. The van der Waals surface area contributed by atoms with E-state index in [0.29, 0.717) is 24.3 Å². The van der Waals surface area contributed by atoms with Crippen molar-refractivity contribution in [2.45, 2.75) is 20.4 Å². The Kier molecular flexibility index (Phi) is 5.74. The molecule has 0 aliphatic rings. The molecule has 0 aliphatic carbocycles. The Morgan fingerprint density at radius 2 is 1.74 bits per heavy atom. The number of urea groups is 1. The minimum atomic E-state index is -0.275. The van der Waals surface area contributed by atoms with E-state index >= 15 is 0 Å². The molecule has 23 heavy (non-hydrogen) atoms. The van der Waals surface area contributed by atoms with Crippen LogP contribution in [0.3, 0.4) is 0 Å². The van der Waals surface area contributed by atoms with E-state index < -0.39 is 0 Å². The summed E-state index contributed by atoms with van der Waals surface area (Å²) in [4.78, 5) is 23.7. The molecule has 0 spiro atoms. The predicted octanol–water partition coefficient (Wildman–Crippen LogP) is 3.07. The Hall–Kier alpha value is -2.82. The third kappa shape index (κ3) is 4.85. The van der Waals surface area contributed by atoms with Gasteiger partial charge in [-0.1, -0.05) is 30.3 Å². The standard InChI is InChI=1S/C18H21N3O2/c1-3-19-17(22)15-9-10-16(13(2)11-15)21-18(23)20-12-14-7-5-4-6-8-14/h4-11H,3,12H2,1-2H3,(H,19,22)(H2,20,21,23). The second-order valence-corrected chi connectivity index (χ2v) is 5.18. The SMILES string of the molecule is CCNC(=O)c1ccc(NC(=O)NCc2ccccc2)c(C)c1. The van der Waals surface area contributed by atoms with E-state index in [1.807, 2.05) is 44.2 Å². The first-order chi connectivity index (χ1) is 11.1. The van der Waals surface area contributed by atoms with Crippen molar-refractivity contribution in [3.8, 4) is 0 Å². The van der Waals surface area contributed by atoms with Crippen LogP contribution in [-0.2, 0) is 6.54 Å². The van der Waals surface area contributed by atoms with Gasteiger partial charge in [0.05, 0.1) is 0 Å². The minimum Gasteiger partial charge on any atom is -0.352 e. The van der Waals surface area contributed by atoms with Crippen LogP contribution in [-0.4, -0.2) is 18.5 Å². The lowest BCUT2D eigenvalue weighted by Gasteiger charge is -2.11. The highest BCUT2D eigenvalue weighted by atomic mass is 16.2. The first-order valence-electron chi connectivity index (χ1n) is 7.57. The maximum atomic E-state index is 12.0. The van der Waals surface area contributed by atoms with Gasteiger partial charge in [0.2, 0.25) is 0 Å². The summed E-state index contributed by atoms with van der Waals surface area (Å²) in [6.07, 6.45) is 0. The van der Waals surface area contributed by atoms with Gasteiger partial charge in [-0.3, -0.25) is 4.79 Å². The largest absolute Gasteiger partial charge is 0.352 e. The average Bonchev–Trinajstić information content (AvgIpc) is 2.56. The van der Waals surface area contributed by atoms with Crippen molar-refractivity contribution in [2.75, 3.05) is 11.9 Å². The number of carbonyl (C=O) groups excluding carboxylic acids is 2. The van der Waals surface area contributed by atoms with Crippen molar-refractivity contribution in [1.29, 1.82) is 0 Å². The summed E-state index contributed by atoms with van der Waals surface area (Å²) in [6.45, 7) is 4.77. The van der Waals surface area contributed by atoms with Gasteiger partial charge in [0, 0.05) is 24.3 Å². The van der Waals surface area contributed by atoms with E-state index in [1.54, 1.807) is 18.2 Å². The number of rotatable bonds is 5. The molecule has 0 radical (unpaired) electrons. The summed E-state index contributed by atoms with van der Waals surface area (Å²) in [5, 5.41) is 8.35. The van der Waals surface area contributed by atoms with E-state index in [-0.39, 0.29) is 11.9 Å². The van der Waals surface area contributed by atoms with E-state index in [2.05, 4.69) is 16.0 Å². The van der Waals surface area contributed by atoms with Crippen LogP contribution in [0, 0.1) is 6.92 Å². The summed E-state index contributed by atoms with van der Waals surface area (Å²) in [5.74, 6) is -0.115. The number of amides is 3. The number of anilines is 1. The molecular weight excluding hydrogens is 290 g/mol. The van der Waals surface area contributed by atoms with Crippen molar-refractivity contribution < 1.29 is 9.59 Å². The van der Waals surface area contributed by atoms with Crippen LogP contribution in [0.15, 0.2) is 48.5 Å². The zero-order chi connectivity index (χ0) is 16.7. The molecule has 5 heteroatoms. The van der Waals surface area contributed by atoms with Gasteiger partial charge < -0.3 is 16.0 Å². The molecule has 0 bridgehead atoms. The maximum absolute atomic E-state index is 12.0. The molecule has 0 atom stereocenters. The Morgan fingerprint density at radius 1 is 1.00 bits per heavy atom. The molecule has 0 aliphatic heterocycles. The van der Waals surface area contributed by atoms with Crippen LogP contribution in [0.5, 0.6) is 0 Å². The van der Waals surface area contributed by atoms with Crippen LogP contribution < -0.4 is 16.0 Å². The van der Waals surface area contributed by atoms with E-state index in [0.717, 1.165) is 11.1 Å². The van der Waals surface area contributed by atoms with Crippen molar-refractivity contribution in [2.24, 2.45) is 0 Å². The second kappa shape index (κ2) is 7.98. The van der Waals surface area contributed by atoms with Gasteiger partial charge in [-0.15, -0.1) is 0 Å². The molecule has 2 aromatic carbocycles. The highest BCUT2D eigenvalue weighted by Crippen LogP contribution is 2.16. The Morgan fingerprint density at radius 3 is 2.39 bits per heavy atom. The maximum Gasteiger partial charge on any atom is 0.319 e. The topological polar surface area (TPSA) is 70.2 Å². The summed E-state index contributed by atoms with van der Waals surface area (Å²) in [6, 6.07) is 14.6. The number of carbonyl (C=O) groups is 2. The molecule has 0 saturated heterocycles. The number of hydrogen-bond donors (Lipinski definition) is 3. The first-order valence-corrected chi connectivity index (χ1v) is 7.57. The van der Waals surface area contributed by atoms with Crippen LogP contribution in [0.25, 0.3) is 0 Å². The fraction of sp³-hybridized carbons (Fsp3) is 0.222. The van der Waals surface area contributed by atoms with Gasteiger partial charge in [-0.2, -0.15) is 0 Å². The van der Waals surface area contributed by atoms with Crippen LogP contribution in [0.2, 0.25) is 0 Å². The zero-order valence-electron chi connectivity index (χ0n) is 13.3. The molecule has 0 heterocycles. The zero-order valence-corrected chi connectivity index (χ0v) is 13.3. The van der Waals surface area contributed by atoms with Gasteiger partial charge in [0.25, 0.3) is 5.91 Å². The smallest absolute Gasteiger partial charge is 0.319 e. The van der Waals surface area contributed by atoms with Crippen LogP contribution in [0.4, 0.5) is 10.5 Å². The molecule has 0 aromatic heterocycles. The summed E-state index contributed by atoms with van der Waals surface area (Å²) < 4.78 is 0. The summed E-state index contributed by atoms with van der Waals surface area (Å²) >= 11 is 0. The molecule has 3 N–H and O–H groups in total. The van der Waals surface area contributed by atoms with Gasteiger partial charge in [0.15, 0.2) is 0 Å². The summed E-state index contributed by atoms with van der Waals surface area (Å²) in [7, 11) is 0. The highest BCUT2D eigenvalue weighted by Gasteiger charge is 2.08. The average molecular weight is 311 g/mol. The fourth-order valence-electron chi connectivity index (χ4n) is 2.15. The van der Waals surface area contributed by atoms with E-state index in [1.165, 1.54) is 0 Å². The third-order valence-electron chi connectivity index (χ3n) is 3.37. The summed E-state index contributed by atoms with van der Waals surface area (Å²) in [5.41, 5.74) is 3.14. The van der Waals surface area contributed by atoms with Gasteiger partial charge in [-0.05, 0) is 43.2 Å². The fourth-order valence-corrected chi connectivity index (χ4v) is 2.15. The number of nitrogens with one attached hydrogen (secondary N) is 3. The van der Waals surface area contributed by atoms with Gasteiger partial charge >= 0.3 is 6.03 Å². The lowest BCUT2D eigenvalue weighted by Crippen LogP contribution is -2.28. The molecule has 0 unspecified atom stereocenters. The monoisotopic (exact) mass is 311 g/mol. The van der Waals surface area contributed by atoms with Gasteiger partial charge in [-0.25, -0.2) is 4.79 Å². The van der Waals surface area contributed by atoms with Crippen LogP contribution >= 0.6 is 0 Å². The second-order valence-electron chi connectivity index (χ2n) is 5.18. The minimum absolute atomic E-state index is 0.115. The number of hydrogen-bond acceptors (Lipinski definition) is 2. The molecule has 2 aromatic rings. The van der Waals surface area contributed by atoms with Crippen molar-refractivity contribution in [3.05, 3.63) is 65.2 Å². The molecule has 5 nitrogen and oxygen atoms in total. The highest BCUT2D eigenvalue weighted by molar-refractivity contribution is 5.96. The van der Waals surface area contributed by atoms with Crippen molar-refractivity contribution in [3.63, 3.8) is 0 Å². The first kappa shape index (κ1) is 16.5. The molecule has 120 valence electrons. The molecule has 3 amide bonds. The Labute approximate surface area is 136 Å². The lowest BCUT2D eigenvalue weighted by atomic mass is 10.1. The molecule has 0 fully saturated rings. The quantitative estimate of drug-likeness (QED) is 0.794. The number of benzene rings is 2. The van der Waals surface area contributed by atoms with E-state index in [4.69, 9.17) is 0 Å². The molecule has 0 saturated carbocycles. The number of aryl methyl sites for hydroxylation is 1. The molecular formula is C18H21N3O2. The Balaban J connectivity index is 1.94. The van der Waals surface area contributed by atoms with Gasteiger partial charge in [0.1, 0.15) is 0 Å². The predicted molar refractivity (Wildman–Crippen MR) is 91.5 cm³/mol. The lowest BCUT2D eigenvalue weighted by molar-refractivity contribution is 0.0955. The van der Waals surface area contributed by atoms with Crippen LogP contribution in [0.1, 0.15) is 28.4 Å². The molecule has 2 rings (SSSR count).